The van der Waals surface area contributed by atoms with E-state index in [4.69, 9.17) is 9.47 Å². The number of hydrogen-bond donors (Lipinski definition) is 1. The molecule has 1 amide bonds. The summed E-state index contributed by atoms with van der Waals surface area (Å²) in [4.78, 5) is 35.3. The highest BCUT2D eigenvalue weighted by Gasteiger charge is 2.54. The molecule has 4 atom stereocenters. The molecule has 290 valence electrons. The molecule has 11 nitrogen and oxygen atoms in total. The number of halogens is 11. The van der Waals surface area contributed by atoms with E-state index in [1.54, 1.807) is 0 Å². The second-order valence-electron chi connectivity index (χ2n) is 12.6. The minimum absolute atomic E-state index is 0.0214. The molecule has 54 heavy (non-hydrogen) atoms. The number of carbonyl (C=O) groups excluding carboxylic acids is 1. The second kappa shape index (κ2) is 13.1. The number of hydrogen-bond acceptors (Lipinski definition) is 9. The van der Waals surface area contributed by atoms with E-state index in [0.29, 0.717) is 23.4 Å². The van der Waals surface area contributed by atoms with E-state index >= 15 is 0 Å². The number of carbonyl (C=O) groups is 2. The quantitative estimate of drug-likeness (QED) is 0.237. The Kier molecular flexibility index (Phi) is 9.32. The summed E-state index contributed by atoms with van der Waals surface area (Å²) in [6.07, 6.45) is -16.7. The van der Waals surface area contributed by atoms with Gasteiger partial charge in [-0.05, 0) is 48.9 Å². The van der Waals surface area contributed by atoms with Crippen LogP contribution in [0.25, 0.3) is 11.1 Å². The van der Waals surface area contributed by atoms with E-state index in [-0.39, 0.29) is 40.3 Å². The zero-order chi connectivity index (χ0) is 39.7. The Balaban J connectivity index is 1.41. The van der Waals surface area contributed by atoms with Gasteiger partial charge in [-0.25, -0.2) is 23.5 Å². The minimum Gasteiger partial charge on any atom is -0.496 e. The van der Waals surface area contributed by atoms with Crippen molar-refractivity contribution < 1.29 is 72.5 Å². The molecule has 6 rings (SSSR count). The Labute approximate surface area is 296 Å². The summed E-state index contributed by atoms with van der Waals surface area (Å²) < 4.78 is 162. The lowest BCUT2D eigenvalue weighted by molar-refractivity contribution is -0.166. The average molecular weight is 783 g/mol. The van der Waals surface area contributed by atoms with Crippen LogP contribution in [-0.4, -0.2) is 82.6 Å². The molecule has 2 aromatic carbocycles. The van der Waals surface area contributed by atoms with Crippen LogP contribution >= 0.6 is 0 Å². The first-order valence-corrected chi connectivity index (χ1v) is 15.5. The fourth-order valence-electron chi connectivity index (χ4n) is 6.29. The summed E-state index contributed by atoms with van der Waals surface area (Å²) in [5, 5.41) is 13.5. The lowest BCUT2D eigenvalue weighted by Gasteiger charge is -2.38. The number of carboxylic acid groups (broad SMARTS) is 1. The van der Waals surface area contributed by atoms with Crippen LogP contribution < -0.4 is 14.6 Å². The lowest BCUT2D eigenvalue weighted by atomic mass is 9.97. The van der Waals surface area contributed by atoms with Crippen LogP contribution in [0.1, 0.15) is 35.4 Å². The number of anilines is 2. The van der Waals surface area contributed by atoms with Crippen LogP contribution in [0.5, 0.6) is 5.75 Å². The van der Waals surface area contributed by atoms with Gasteiger partial charge in [0.15, 0.2) is 6.04 Å². The van der Waals surface area contributed by atoms with Gasteiger partial charge in [-0.3, -0.25) is 14.7 Å². The fourth-order valence-corrected chi connectivity index (χ4v) is 6.29. The summed E-state index contributed by atoms with van der Waals surface area (Å²) >= 11 is 0. The van der Waals surface area contributed by atoms with E-state index in [0.717, 1.165) is 28.1 Å². The molecular weight excluding hydrogens is 757 g/mol. The zero-order valence-electron chi connectivity index (χ0n) is 27.5. The molecule has 0 aliphatic carbocycles. The molecule has 0 saturated carbocycles. The number of carboxylic acids is 1. The van der Waals surface area contributed by atoms with Crippen LogP contribution in [0.3, 0.4) is 0 Å². The SMILES string of the molecule is COc1ccc(N2N=CC(C(=O)O)C2C(F)(F)F)cc1-c1cnc(N2CC(F)(F)C2)nc1CN1C(=O)O[C@H](c2cc(C(F)(F)F)cc(C(F)(F)F)c2)[C@@H]1C. The molecule has 22 heteroatoms. The number of rotatable bonds is 8. The number of methoxy groups -OCH3 is 1. The third-order valence-electron chi connectivity index (χ3n) is 8.95. The maximum absolute atomic E-state index is 14.1. The molecule has 4 heterocycles. The van der Waals surface area contributed by atoms with Crippen LogP contribution in [0, 0.1) is 5.92 Å². The number of amides is 1. The van der Waals surface area contributed by atoms with E-state index in [2.05, 4.69) is 15.1 Å². The Morgan fingerprint density at radius 3 is 2.15 bits per heavy atom. The second-order valence-corrected chi connectivity index (χ2v) is 12.6. The summed E-state index contributed by atoms with van der Waals surface area (Å²) in [5.74, 6) is -7.27. The molecule has 3 aliphatic heterocycles. The van der Waals surface area contributed by atoms with Gasteiger partial charge in [-0.2, -0.15) is 44.6 Å². The average Bonchev–Trinajstić information content (AvgIpc) is 3.64. The van der Waals surface area contributed by atoms with Gasteiger partial charge in [0.1, 0.15) is 17.8 Å². The van der Waals surface area contributed by atoms with Gasteiger partial charge in [-0.1, -0.05) is 0 Å². The number of aromatic nitrogens is 2. The van der Waals surface area contributed by atoms with Crippen LogP contribution in [0.15, 0.2) is 47.7 Å². The normalized spacial score (nSPS) is 22.8. The molecule has 1 aromatic heterocycles. The van der Waals surface area contributed by atoms with E-state index in [1.807, 2.05) is 0 Å². The van der Waals surface area contributed by atoms with Crippen molar-refractivity contribution in [3.8, 4) is 16.9 Å². The van der Waals surface area contributed by atoms with Crippen molar-refractivity contribution in [1.82, 2.24) is 14.9 Å². The summed E-state index contributed by atoms with van der Waals surface area (Å²) in [7, 11) is 1.19. The predicted octanol–water partition coefficient (Wildman–Crippen LogP) is 7.16. The van der Waals surface area contributed by atoms with Crippen LogP contribution in [0.2, 0.25) is 0 Å². The van der Waals surface area contributed by atoms with E-state index < -0.39 is 96.9 Å². The number of hydrazone groups is 1. The van der Waals surface area contributed by atoms with Gasteiger partial charge >= 0.3 is 30.6 Å². The topological polar surface area (TPSA) is 121 Å². The van der Waals surface area contributed by atoms with Crippen molar-refractivity contribution in [2.75, 3.05) is 30.1 Å². The highest BCUT2D eigenvalue weighted by Crippen LogP contribution is 2.44. The number of alkyl halides is 11. The summed E-state index contributed by atoms with van der Waals surface area (Å²) in [5.41, 5.74) is -4.51. The van der Waals surface area contributed by atoms with Gasteiger partial charge in [0.05, 0.1) is 55.3 Å². The van der Waals surface area contributed by atoms with Crippen molar-refractivity contribution in [2.24, 2.45) is 11.0 Å². The van der Waals surface area contributed by atoms with E-state index in [1.165, 1.54) is 20.1 Å². The first-order valence-electron chi connectivity index (χ1n) is 15.5. The number of cyclic esters (lactones) is 1. The largest absolute Gasteiger partial charge is 0.496 e. The van der Waals surface area contributed by atoms with Crippen LogP contribution in [-0.2, 0) is 28.4 Å². The molecule has 1 N–H and O–H groups in total. The molecule has 2 saturated heterocycles. The Bertz CT molecular complexity index is 1960. The first kappa shape index (κ1) is 38.3. The van der Waals surface area contributed by atoms with Gasteiger partial charge < -0.3 is 19.5 Å². The molecule has 3 aromatic rings. The number of benzene rings is 2. The molecule has 0 spiro atoms. The van der Waals surface area contributed by atoms with Crippen molar-refractivity contribution in [2.45, 2.75) is 56.1 Å². The zero-order valence-corrected chi connectivity index (χ0v) is 27.5. The molecule has 0 bridgehead atoms. The highest BCUT2D eigenvalue weighted by atomic mass is 19.4. The fraction of sp³-hybridized carbons (Fsp3) is 0.406. The highest BCUT2D eigenvalue weighted by molar-refractivity contribution is 5.93. The molecule has 2 unspecified atom stereocenters. The molecule has 0 radical (unpaired) electrons. The van der Waals surface area contributed by atoms with Crippen molar-refractivity contribution in [1.29, 1.82) is 0 Å². The molecular formula is C32H25F11N6O5. The molecule has 3 aliphatic rings. The van der Waals surface area contributed by atoms with Gasteiger partial charge in [-0.15, -0.1) is 0 Å². The third-order valence-corrected chi connectivity index (χ3v) is 8.95. The van der Waals surface area contributed by atoms with Gasteiger partial charge in [0.2, 0.25) is 5.95 Å². The number of nitrogens with zero attached hydrogens (tertiary/aromatic N) is 6. The standard InChI is InChI=1S/C32H25F11N6O5/c1-14-24(15-5-16(30(35,36)37)7-17(6-15)31(38,39)40)54-28(52)48(14)11-22-20(9-44-27(46-22)47-12-29(33,34)13-47)19-8-18(3-4-23(19)53-2)49-25(32(41,42)43)21(10-45-49)26(50)51/h3-10,14,21,24-25H,11-13H2,1-2H3,(H,50,51)/t14-,21?,24-,25?/m0/s1. The first-order chi connectivity index (χ1) is 25.0. The van der Waals surface area contributed by atoms with Crippen molar-refractivity contribution >= 4 is 29.9 Å². The maximum Gasteiger partial charge on any atom is 0.416 e. The minimum atomic E-state index is -5.20. The Morgan fingerprint density at radius 2 is 1.61 bits per heavy atom. The third kappa shape index (κ3) is 7.24. The molecule has 2 fully saturated rings. The van der Waals surface area contributed by atoms with Crippen LogP contribution in [0.4, 0.5) is 64.7 Å². The lowest BCUT2D eigenvalue weighted by Crippen LogP contribution is -2.57. The van der Waals surface area contributed by atoms with Gasteiger partial charge in [0, 0.05) is 23.5 Å². The maximum atomic E-state index is 14.1. The Hall–Kier alpha value is -5.44. The van der Waals surface area contributed by atoms with Crippen molar-refractivity contribution in [3.63, 3.8) is 0 Å². The smallest absolute Gasteiger partial charge is 0.416 e. The summed E-state index contributed by atoms with van der Waals surface area (Å²) in [6, 6.07) is 0.303. The predicted molar refractivity (Wildman–Crippen MR) is 164 cm³/mol. The number of aliphatic carboxylic acids is 1. The summed E-state index contributed by atoms with van der Waals surface area (Å²) in [6.45, 7) is -0.966. The Morgan fingerprint density at radius 1 is 0.981 bits per heavy atom. The van der Waals surface area contributed by atoms with Crippen molar-refractivity contribution in [3.05, 3.63) is 65.0 Å². The number of ether oxygens (including phenoxy) is 2. The van der Waals surface area contributed by atoms with Gasteiger partial charge in [0.25, 0.3) is 5.92 Å². The monoisotopic (exact) mass is 782 g/mol. The van der Waals surface area contributed by atoms with E-state index in [9.17, 15) is 63.0 Å².